The molecular weight excluding hydrogens is 222 g/mol. The monoisotopic (exact) mass is 247 g/mol. The van der Waals surface area contributed by atoms with Crippen molar-refractivity contribution in [2.45, 2.75) is 38.6 Å². The first kappa shape index (κ1) is 13.6. The molecule has 0 saturated heterocycles. The molecule has 18 heavy (non-hydrogen) atoms. The highest BCUT2D eigenvalue weighted by Gasteiger charge is 2.30. The van der Waals surface area contributed by atoms with Gasteiger partial charge in [-0.15, -0.1) is 0 Å². The minimum absolute atomic E-state index is 0.590. The van der Waals surface area contributed by atoms with Gasteiger partial charge in [-0.3, -0.25) is 0 Å². The third-order valence-electron chi connectivity index (χ3n) is 3.55. The molecule has 1 aliphatic carbocycles. The van der Waals surface area contributed by atoms with Crippen LogP contribution in [-0.4, -0.2) is 25.8 Å². The maximum Gasteiger partial charge on any atom is 0.0622 e. The van der Waals surface area contributed by atoms with Gasteiger partial charge in [0.1, 0.15) is 0 Å². The predicted octanol–water partition coefficient (Wildman–Crippen LogP) is 3.02. The second kappa shape index (κ2) is 7.55. The number of rotatable bonds is 9. The minimum atomic E-state index is 0.590. The van der Waals surface area contributed by atoms with Gasteiger partial charge in [-0.1, -0.05) is 37.3 Å². The summed E-state index contributed by atoms with van der Waals surface area (Å²) in [6.07, 6.45) is 5.00. The SMILES string of the molecule is CCNC(COCCCc1ccccc1)C1CC1. The van der Waals surface area contributed by atoms with Crippen LogP contribution >= 0.6 is 0 Å². The van der Waals surface area contributed by atoms with Crippen molar-refractivity contribution in [3.8, 4) is 0 Å². The van der Waals surface area contributed by atoms with E-state index in [2.05, 4.69) is 42.6 Å². The molecule has 1 fully saturated rings. The molecule has 0 bridgehead atoms. The highest BCUT2D eigenvalue weighted by atomic mass is 16.5. The first-order valence-electron chi connectivity index (χ1n) is 7.25. The van der Waals surface area contributed by atoms with Crippen LogP contribution in [0.25, 0.3) is 0 Å². The van der Waals surface area contributed by atoms with Crippen LogP contribution in [0.4, 0.5) is 0 Å². The predicted molar refractivity (Wildman–Crippen MR) is 75.8 cm³/mol. The highest BCUT2D eigenvalue weighted by molar-refractivity contribution is 5.14. The van der Waals surface area contributed by atoms with Crippen LogP contribution in [0.5, 0.6) is 0 Å². The molecule has 1 saturated carbocycles. The number of hydrogen-bond acceptors (Lipinski definition) is 2. The lowest BCUT2D eigenvalue weighted by Gasteiger charge is -2.17. The maximum absolute atomic E-state index is 5.81. The van der Waals surface area contributed by atoms with Crippen molar-refractivity contribution in [2.75, 3.05) is 19.8 Å². The largest absolute Gasteiger partial charge is 0.380 e. The molecule has 0 heterocycles. The number of likely N-dealkylation sites (N-methyl/N-ethyl adjacent to an activating group) is 1. The summed E-state index contributed by atoms with van der Waals surface area (Å²) in [7, 11) is 0. The third kappa shape index (κ3) is 4.79. The van der Waals surface area contributed by atoms with E-state index >= 15 is 0 Å². The van der Waals surface area contributed by atoms with Gasteiger partial charge in [0.25, 0.3) is 0 Å². The molecule has 2 rings (SSSR count). The number of ether oxygens (including phenoxy) is 1. The highest BCUT2D eigenvalue weighted by Crippen LogP contribution is 2.32. The molecule has 1 unspecified atom stereocenters. The smallest absolute Gasteiger partial charge is 0.0622 e. The topological polar surface area (TPSA) is 21.3 Å². The summed E-state index contributed by atoms with van der Waals surface area (Å²) in [5, 5.41) is 3.53. The molecule has 1 atom stereocenters. The van der Waals surface area contributed by atoms with E-state index in [1.54, 1.807) is 0 Å². The second-order valence-electron chi connectivity index (χ2n) is 5.17. The summed E-state index contributed by atoms with van der Waals surface area (Å²) in [5.41, 5.74) is 1.41. The van der Waals surface area contributed by atoms with Gasteiger partial charge < -0.3 is 10.1 Å². The molecule has 100 valence electrons. The number of benzene rings is 1. The van der Waals surface area contributed by atoms with Crippen LogP contribution in [0.2, 0.25) is 0 Å². The van der Waals surface area contributed by atoms with Crippen molar-refractivity contribution in [2.24, 2.45) is 5.92 Å². The first-order valence-corrected chi connectivity index (χ1v) is 7.25. The molecule has 0 radical (unpaired) electrons. The summed E-state index contributed by atoms with van der Waals surface area (Å²) in [6, 6.07) is 11.2. The van der Waals surface area contributed by atoms with Gasteiger partial charge in [0.15, 0.2) is 0 Å². The quantitative estimate of drug-likeness (QED) is 0.677. The van der Waals surface area contributed by atoms with Gasteiger partial charge in [-0.2, -0.15) is 0 Å². The Labute approximate surface area is 111 Å². The van der Waals surface area contributed by atoms with Crippen molar-refractivity contribution in [3.63, 3.8) is 0 Å². The molecule has 0 aromatic heterocycles. The fourth-order valence-corrected chi connectivity index (χ4v) is 2.36. The van der Waals surface area contributed by atoms with Gasteiger partial charge in [0.05, 0.1) is 6.61 Å². The molecule has 2 heteroatoms. The van der Waals surface area contributed by atoms with Gasteiger partial charge in [-0.05, 0) is 43.7 Å². The zero-order chi connectivity index (χ0) is 12.6. The Kier molecular flexibility index (Phi) is 5.69. The Morgan fingerprint density at radius 1 is 1.28 bits per heavy atom. The van der Waals surface area contributed by atoms with E-state index in [9.17, 15) is 0 Å². The number of nitrogens with one attached hydrogen (secondary N) is 1. The van der Waals surface area contributed by atoms with Crippen LogP contribution in [-0.2, 0) is 11.2 Å². The minimum Gasteiger partial charge on any atom is -0.380 e. The van der Waals surface area contributed by atoms with Crippen LogP contribution < -0.4 is 5.32 Å². The lowest BCUT2D eigenvalue weighted by atomic mass is 10.1. The molecule has 1 aromatic carbocycles. The number of hydrogen-bond donors (Lipinski definition) is 1. The van der Waals surface area contributed by atoms with Gasteiger partial charge in [0.2, 0.25) is 0 Å². The van der Waals surface area contributed by atoms with Gasteiger partial charge in [0, 0.05) is 12.6 Å². The summed E-state index contributed by atoms with van der Waals surface area (Å²) in [4.78, 5) is 0. The molecule has 0 spiro atoms. The Balaban J connectivity index is 1.55. The number of aryl methyl sites for hydroxylation is 1. The van der Waals surface area contributed by atoms with E-state index in [1.807, 2.05) is 0 Å². The molecule has 0 amide bonds. The molecule has 1 aliphatic rings. The summed E-state index contributed by atoms with van der Waals surface area (Å²) in [6.45, 7) is 4.98. The fourth-order valence-electron chi connectivity index (χ4n) is 2.36. The normalized spacial score (nSPS) is 16.7. The Morgan fingerprint density at radius 3 is 2.72 bits per heavy atom. The average molecular weight is 247 g/mol. The van der Waals surface area contributed by atoms with Crippen molar-refractivity contribution in [3.05, 3.63) is 35.9 Å². The molecular formula is C16H25NO. The van der Waals surface area contributed by atoms with Crippen molar-refractivity contribution < 1.29 is 4.74 Å². The van der Waals surface area contributed by atoms with E-state index < -0.39 is 0 Å². The van der Waals surface area contributed by atoms with E-state index in [4.69, 9.17) is 4.74 Å². The average Bonchev–Trinajstić information content (AvgIpc) is 3.23. The maximum atomic E-state index is 5.81. The van der Waals surface area contributed by atoms with Crippen molar-refractivity contribution >= 4 is 0 Å². The lowest BCUT2D eigenvalue weighted by Crippen LogP contribution is -2.35. The van der Waals surface area contributed by atoms with E-state index in [-0.39, 0.29) is 0 Å². The van der Waals surface area contributed by atoms with Crippen LogP contribution in [0, 0.1) is 5.92 Å². The molecule has 1 N–H and O–H groups in total. The van der Waals surface area contributed by atoms with Gasteiger partial charge in [-0.25, -0.2) is 0 Å². The Morgan fingerprint density at radius 2 is 2.06 bits per heavy atom. The summed E-state index contributed by atoms with van der Waals surface area (Å²) in [5.74, 6) is 0.874. The molecule has 0 aliphatic heterocycles. The Bertz CT molecular complexity index is 321. The summed E-state index contributed by atoms with van der Waals surface area (Å²) >= 11 is 0. The van der Waals surface area contributed by atoms with Crippen LogP contribution in [0.1, 0.15) is 31.7 Å². The van der Waals surface area contributed by atoms with Crippen molar-refractivity contribution in [1.29, 1.82) is 0 Å². The van der Waals surface area contributed by atoms with Crippen LogP contribution in [0.15, 0.2) is 30.3 Å². The van der Waals surface area contributed by atoms with Crippen LogP contribution in [0.3, 0.4) is 0 Å². The van der Waals surface area contributed by atoms with E-state index in [1.165, 1.54) is 18.4 Å². The second-order valence-corrected chi connectivity index (χ2v) is 5.17. The third-order valence-corrected chi connectivity index (χ3v) is 3.55. The zero-order valence-corrected chi connectivity index (χ0v) is 11.4. The Hall–Kier alpha value is -0.860. The van der Waals surface area contributed by atoms with E-state index in [0.717, 1.165) is 38.5 Å². The first-order chi connectivity index (χ1) is 8.90. The standard InChI is InChI=1S/C16H25NO/c1-2-17-16(15-10-11-15)13-18-12-6-9-14-7-4-3-5-8-14/h3-5,7-8,15-17H,2,6,9-13H2,1H3. The van der Waals surface area contributed by atoms with Crippen molar-refractivity contribution in [1.82, 2.24) is 5.32 Å². The van der Waals surface area contributed by atoms with E-state index in [0.29, 0.717) is 6.04 Å². The molecule has 2 nitrogen and oxygen atoms in total. The summed E-state index contributed by atoms with van der Waals surface area (Å²) < 4.78 is 5.81. The van der Waals surface area contributed by atoms with Gasteiger partial charge >= 0.3 is 0 Å². The molecule has 1 aromatic rings. The lowest BCUT2D eigenvalue weighted by molar-refractivity contribution is 0.104. The fraction of sp³-hybridized carbons (Fsp3) is 0.625. The zero-order valence-electron chi connectivity index (χ0n) is 11.4.